The number of benzene rings is 1. The molecule has 0 heterocycles. The van der Waals surface area contributed by atoms with Gasteiger partial charge in [0, 0.05) is 0 Å². The smallest absolute Gasteiger partial charge is 0.405 e. The van der Waals surface area contributed by atoms with Gasteiger partial charge < -0.3 is 15.6 Å². The Kier molecular flexibility index (Phi) is 3.99. The number of phenolic OH excluding ortho intramolecular Hbond substituents is 1. The topological polar surface area (TPSA) is 72.5 Å². The zero-order valence-corrected chi connectivity index (χ0v) is 10.4. The number of nitrogens with two attached hydrogens (primary N) is 1. The lowest BCUT2D eigenvalue weighted by molar-refractivity contribution is 0.0349. The van der Waals surface area contributed by atoms with E-state index in [4.69, 9.17) is 10.5 Å². The van der Waals surface area contributed by atoms with Crippen LogP contribution in [0.3, 0.4) is 0 Å². The summed E-state index contributed by atoms with van der Waals surface area (Å²) in [5.74, 6) is 0.457. The van der Waals surface area contributed by atoms with Crippen LogP contribution >= 0.6 is 0 Å². The Morgan fingerprint density at radius 1 is 1.41 bits per heavy atom. The van der Waals surface area contributed by atoms with Crippen LogP contribution in [0.25, 0.3) is 0 Å². The third kappa shape index (κ3) is 4.34. The van der Waals surface area contributed by atoms with Gasteiger partial charge in [0.05, 0.1) is 0 Å². The van der Waals surface area contributed by atoms with Gasteiger partial charge in [-0.3, -0.25) is 0 Å². The van der Waals surface area contributed by atoms with Gasteiger partial charge in [0.25, 0.3) is 0 Å². The van der Waals surface area contributed by atoms with Crippen LogP contribution in [0, 0.1) is 0 Å². The van der Waals surface area contributed by atoms with E-state index >= 15 is 0 Å². The van der Waals surface area contributed by atoms with Gasteiger partial charge >= 0.3 is 6.09 Å². The number of phenols is 1. The van der Waals surface area contributed by atoms with Crippen molar-refractivity contribution in [3.63, 3.8) is 0 Å². The molecule has 1 aromatic rings. The first kappa shape index (κ1) is 13.4. The highest BCUT2D eigenvalue weighted by Gasteiger charge is 2.25. The standard InChI is InChI=1S/C13H19NO3/c1-9(8-13(2,3)17-12(14)16)10-4-6-11(15)7-5-10/h4-7,9,15H,8H2,1-3H3,(H2,14,16)/t9-/m0/s1. The molecule has 0 bridgehead atoms. The highest BCUT2D eigenvalue weighted by molar-refractivity contribution is 5.65. The molecule has 0 aromatic heterocycles. The van der Waals surface area contributed by atoms with Crippen molar-refractivity contribution in [1.29, 1.82) is 0 Å². The van der Waals surface area contributed by atoms with E-state index in [0.29, 0.717) is 6.42 Å². The molecule has 1 atom stereocenters. The minimum atomic E-state index is -0.757. The van der Waals surface area contributed by atoms with Crippen molar-refractivity contribution in [1.82, 2.24) is 0 Å². The van der Waals surface area contributed by atoms with Crippen molar-refractivity contribution in [3.8, 4) is 5.75 Å². The minimum absolute atomic E-state index is 0.213. The molecular formula is C13H19NO3. The second-order valence-electron chi connectivity index (χ2n) is 4.88. The summed E-state index contributed by atoms with van der Waals surface area (Å²) in [6.07, 6.45) is -0.0892. The van der Waals surface area contributed by atoms with Gasteiger partial charge in [-0.25, -0.2) is 4.79 Å². The van der Waals surface area contributed by atoms with E-state index in [1.165, 1.54) is 0 Å². The van der Waals surface area contributed by atoms with Crippen LogP contribution in [0.2, 0.25) is 0 Å². The second-order valence-corrected chi connectivity index (χ2v) is 4.88. The molecule has 4 nitrogen and oxygen atoms in total. The van der Waals surface area contributed by atoms with Crippen LogP contribution < -0.4 is 5.73 Å². The molecule has 3 N–H and O–H groups in total. The van der Waals surface area contributed by atoms with Crippen molar-refractivity contribution in [3.05, 3.63) is 29.8 Å². The first-order valence-corrected chi connectivity index (χ1v) is 5.57. The molecule has 0 unspecified atom stereocenters. The van der Waals surface area contributed by atoms with E-state index in [-0.39, 0.29) is 11.7 Å². The van der Waals surface area contributed by atoms with Crippen LogP contribution in [0.5, 0.6) is 5.75 Å². The van der Waals surface area contributed by atoms with E-state index in [9.17, 15) is 9.90 Å². The number of carbonyl (C=O) groups is 1. The molecule has 0 spiro atoms. The molecule has 1 amide bonds. The van der Waals surface area contributed by atoms with Crippen LogP contribution in [0.1, 0.15) is 38.7 Å². The summed E-state index contributed by atoms with van der Waals surface area (Å²) in [5.41, 5.74) is 5.51. The lowest BCUT2D eigenvalue weighted by Crippen LogP contribution is -2.32. The Hall–Kier alpha value is -1.71. The van der Waals surface area contributed by atoms with Gasteiger partial charge in [-0.05, 0) is 43.9 Å². The van der Waals surface area contributed by atoms with Gasteiger partial charge in [-0.2, -0.15) is 0 Å². The zero-order chi connectivity index (χ0) is 13.1. The monoisotopic (exact) mass is 237 g/mol. The van der Waals surface area contributed by atoms with Crippen LogP contribution in [0.4, 0.5) is 4.79 Å². The Morgan fingerprint density at radius 3 is 2.41 bits per heavy atom. The number of aromatic hydroxyl groups is 1. The van der Waals surface area contributed by atoms with Gasteiger partial charge in [-0.1, -0.05) is 19.1 Å². The molecule has 17 heavy (non-hydrogen) atoms. The fourth-order valence-electron chi connectivity index (χ4n) is 1.97. The third-order valence-corrected chi connectivity index (χ3v) is 2.64. The maximum Gasteiger partial charge on any atom is 0.405 e. The Balaban J connectivity index is 2.68. The van der Waals surface area contributed by atoms with E-state index in [2.05, 4.69) is 0 Å². The first-order chi connectivity index (χ1) is 7.80. The third-order valence-electron chi connectivity index (χ3n) is 2.64. The highest BCUT2D eigenvalue weighted by Crippen LogP contribution is 2.28. The van der Waals surface area contributed by atoms with Crippen molar-refractivity contribution in [2.75, 3.05) is 0 Å². The Labute approximate surface area is 101 Å². The predicted octanol–water partition coefficient (Wildman–Crippen LogP) is 2.76. The summed E-state index contributed by atoms with van der Waals surface area (Å²) in [5, 5.41) is 9.20. The van der Waals surface area contributed by atoms with Crippen LogP contribution in [0.15, 0.2) is 24.3 Å². The molecule has 0 radical (unpaired) electrons. The maximum absolute atomic E-state index is 10.7. The average molecular weight is 237 g/mol. The Morgan fingerprint density at radius 2 is 1.94 bits per heavy atom. The summed E-state index contributed by atoms with van der Waals surface area (Å²) in [6, 6.07) is 7.02. The number of ether oxygens (including phenoxy) is 1. The molecule has 94 valence electrons. The van der Waals surface area contributed by atoms with E-state index in [1.54, 1.807) is 12.1 Å². The average Bonchev–Trinajstić information content (AvgIpc) is 2.15. The largest absolute Gasteiger partial charge is 0.508 e. The lowest BCUT2D eigenvalue weighted by Gasteiger charge is -2.27. The molecule has 0 aliphatic carbocycles. The van der Waals surface area contributed by atoms with E-state index in [0.717, 1.165) is 5.56 Å². The number of hydrogen-bond acceptors (Lipinski definition) is 3. The molecule has 0 aliphatic rings. The van der Waals surface area contributed by atoms with Crippen molar-refractivity contribution >= 4 is 6.09 Å². The summed E-state index contributed by atoms with van der Waals surface area (Å²) < 4.78 is 5.04. The number of hydrogen-bond donors (Lipinski definition) is 2. The maximum atomic E-state index is 10.7. The molecule has 4 heteroatoms. The van der Waals surface area contributed by atoms with Gasteiger partial charge in [-0.15, -0.1) is 0 Å². The first-order valence-electron chi connectivity index (χ1n) is 5.57. The molecule has 1 rings (SSSR count). The summed E-state index contributed by atoms with van der Waals surface area (Å²) >= 11 is 0. The van der Waals surface area contributed by atoms with Gasteiger partial charge in [0.2, 0.25) is 0 Å². The highest BCUT2D eigenvalue weighted by atomic mass is 16.6. The summed E-state index contributed by atoms with van der Waals surface area (Å²) in [6.45, 7) is 5.70. The molecule has 0 fully saturated rings. The molecular weight excluding hydrogens is 218 g/mol. The van der Waals surface area contributed by atoms with Crippen molar-refractivity contribution in [2.24, 2.45) is 5.73 Å². The molecule has 0 aliphatic heterocycles. The van der Waals surface area contributed by atoms with Crippen molar-refractivity contribution < 1.29 is 14.6 Å². The van der Waals surface area contributed by atoms with E-state index < -0.39 is 11.7 Å². The van der Waals surface area contributed by atoms with Crippen LogP contribution in [-0.2, 0) is 4.74 Å². The minimum Gasteiger partial charge on any atom is -0.508 e. The SMILES string of the molecule is C[C@@H](CC(C)(C)OC(N)=O)c1ccc(O)cc1. The summed E-state index contributed by atoms with van der Waals surface area (Å²) in [4.78, 5) is 10.7. The fourth-order valence-corrected chi connectivity index (χ4v) is 1.97. The Bertz CT molecular complexity index is 384. The molecule has 0 saturated heterocycles. The van der Waals surface area contributed by atoms with Crippen LogP contribution in [-0.4, -0.2) is 16.8 Å². The molecule has 0 saturated carbocycles. The number of primary amides is 1. The fraction of sp³-hybridized carbons (Fsp3) is 0.462. The second kappa shape index (κ2) is 5.08. The quantitative estimate of drug-likeness (QED) is 0.845. The lowest BCUT2D eigenvalue weighted by atomic mass is 9.89. The normalized spacial score (nSPS) is 13.1. The number of amides is 1. The van der Waals surface area contributed by atoms with E-state index in [1.807, 2.05) is 32.9 Å². The zero-order valence-electron chi connectivity index (χ0n) is 10.4. The number of rotatable bonds is 4. The predicted molar refractivity (Wildman–Crippen MR) is 65.9 cm³/mol. The van der Waals surface area contributed by atoms with Gasteiger partial charge in [0.15, 0.2) is 0 Å². The molecule has 1 aromatic carbocycles. The van der Waals surface area contributed by atoms with Gasteiger partial charge in [0.1, 0.15) is 11.4 Å². The summed E-state index contributed by atoms with van der Waals surface area (Å²) in [7, 11) is 0. The van der Waals surface area contributed by atoms with Crippen molar-refractivity contribution in [2.45, 2.75) is 38.7 Å². The number of carbonyl (C=O) groups excluding carboxylic acids is 1.